The molecule has 0 radical (unpaired) electrons. The molecule has 1 aliphatic rings. The minimum absolute atomic E-state index is 0.277. The molecule has 0 amide bonds. The third-order valence-corrected chi connectivity index (χ3v) is 4.49. The molecule has 0 aliphatic heterocycles. The molecule has 2 nitrogen and oxygen atoms in total. The molecule has 0 unspecified atom stereocenters. The van der Waals surface area contributed by atoms with Crippen LogP contribution in [0.4, 0.5) is 4.39 Å². The first-order valence-corrected chi connectivity index (χ1v) is 7.45. The van der Waals surface area contributed by atoms with Crippen molar-refractivity contribution in [2.24, 2.45) is 0 Å². The van der Waals surface area contributed by atoms with Crippen LogP contribution in [0.25, 0.3) is 0 Å². The molecule has 100 valence electrons. The summed E-state index contributed by atoms with van der Waals surface area (Å²) in [5, 5.41) is 9.88. The van der Waals surface area contributed by atoms with Crippen molar-refractivity contribution >= 4 is 11.8 Å². The summed E-state index contributed by atoms with van der Waals surface area (Å²) in [6, 6.07) is 10.7. The average Bonchev–Trinajstić information content (AvgIpc) is 2.49. The number of aromatic nitrogens is 1. The third-order valence-electron chi connectivity index (χ3n) is 3.43. The molecule has 0 saturated carbocycles. The van der Waals surface area contributed by atoms with Crippen molar-refractivity contribution < 1.29 is 4.39 Å². The number of aryl methyl sites for hydroxylation is 2. The van der Waals surface area contributed by atoms with E-state index in [4.69, 9.17) is 0 Å². The maximum Gasteiger partial charge on any atom is 0.137 e. The molecule has 0 fully saturated rings. The van der Waals surface area contributed by atoms with Crippen LogP contribution in [0.2, 0.25) is 0 Å². The van der Waals surface area contributed by atoms with Gasteiger partial charge in [0, 0.05) is 10.6 Å². The fourth-order valence-electron chi connectivity index (χ4n) is 2.40. The highest BCUT2D eigenvalue weighted by Gasteiger charge is 2.16. The lowest BCUT2D eigenvalue weighted by Crippen LogP contribution is -2.07. The monoisotopic (exact) mass is 284 g/mol. The average molecular weight is 284 g/mol. The van der Waals surface area contributed by atoms with Gasteiger partial charge in [-0.1, -0.05) is 23.9 Å². The molecule has 3 rings (SSSR count). The first-order chi connectivity index (χ1) is 9.78. The Balaban J connectivity index is 2.01. The Hall–Kier alpha value is -1.86. The molecular weight excluding hydrogens is 271 g/mol. The van der Waals surface area contributed by atoms with E-state index in [1.165, 1.54) is 23.4 Å². The van der Waals surface area contributed by atoms with Crippen molar-refractivity contribution in [3.8, 4) is 6.07 Å². The maximum absolute atomic E-state index is 13.7. The van der Waals surface area contributed by atoms with Gasteiger partial charge in [0.05, 0.1) is 5.56 Å². The number of halogens is 1. The summed E-state index contributed by atoms with van der Waals surface area (Å²) in [4.78, 5) is 5.10. The minimum Gasteiger partial charge on any atom is -0.244 e. The summed E-state index contributed by atoms with van der Waals surface area (Å²) in [7, 11) is 0. The lowest BCUT2D eigenvalue weighted by Gasteiger charge is -2.16. The Morgan fingerprint density at radius 1 is 1.20 bits per heavy atom. The van der Waals surface area contributed by atoms with Gasteiger partial charge >= 0.3 is 0 Å². The zero-order chi connectivity index (χ0) is 13.9. The predicted molar refractivity (Wildman–Crippen MR) is 76.1 cm³/mol. The fourth-order valence-corrected chi connectivity index (χ4v) is 3.30. The van der Waals surface area contributed by atoms with Gasteiger partial charge in [-0.25, -0.2) is 9.37 Å². The van der Waals surface area contributed by atoms with Crippen molar-refractivity contribution in [3.63, 3.8) is 0 Å². The highest BCUT2D eigenvalue weighted by molar-refractivity contribution is 7.99. The molecule has 20 heavy (non-hydrogen) atoms. The van der Waals surface area contributed by atoms with Crippen LogP contribution in [0.15, 0.2) is 40.3 Å². The molecule has 0 atom stereocenters. The molecule has 2 aromatic rings. The molecule has 1 aliphatic carbocycles. The number of benzene rings is 1. The van der Waals surface area contributed by atoms with E-state index < -0.39 is 0 Å². The van der Waals surface area contributed by atoms with Crippen LogP contribution in [0.1, 0.15) is 29.7 Å². The summed E-state index contributed by atoms with van der Waals surface area (Å²) in [6.45, 7) is 0. The Morgan fingerprint density at radius 2 is 2.00 bits per heavy atom. The Kier molecular flexibility index (Phi) is 3.70. The van der Waals surface area contributed by atoms with E-state index in [1.807, 2.05) is 6.07 Å². The van der Waals surface area contributed by atoms with E-state index >= 15 is 0 Å². The van der Waals surface area contributed by atoms with Crippen LogP contribution >= 0.6 is 11.8 Å². The molecule has 0 N–H and O–H groups in total. The van der Waals surface area contributed by atoms with Crippen LogP contribution in [-0.4, -0.2) is 4.98 Å². The van der Waals surface area contributed by atoms with E-state index in [1.54, 1.807) is 18.2 Å². The number of pyridine rings is 1. The lowest BCUT2D eigenvalue weighted by atomic mass is 9.95. The second-order valence-corrected chi connectivity index (χ2v) is 5.83. The second kappa shape index (κ2) is 5.64. The third kappa shape index (κ3) is 2.54. The predicted octanol–water partition coefficient (Wildman–Crippen LogP) is 4.12. The smallest absolute Gasteiger partial charge is 0.137 e. The van der Waals surface area contributed by atoms with E-state index in [-0.39, 0.29) is 5.82 Å². The second-order valence-electron chi connectivity index (χ2n) is 4.80. The van der Waals surface area contributed by atoms with Gasteiger partial charge in [0.25, 0.3) is 0 Å². The Labute approximate surface area is 121 Å². The van der Waals surface area contributed by atoms with Gasteiger partial charge in [-0.3, -0.25) is 0 Å². The maximum atomic E-state index is 13.7. The highest BCUT2D eigenvalue weighted by atomic mass is 32.2. The van der Waals surface area contributed by atoms with Crippen molar-refractivity contribution in [1.29, 1.82) is 5.26 Å². The fraction of sp³-hybridized carbons (Fsp3) is 0.250. The minimum atomic E-state index is -0.277. The summed E-state index contributed by atoms with van der Waals surface area (Å²) in [6.07, 6.45) is 4.22. The number of nitriles is 1. The number of rotatable bonds is 2. The van der Waals surface area contributed by atoms with Gasteiger partial charge in [0.2, 0.25) is 0 Å². The molecule has 1 heterocycles. The van der Waals surface area contributed by atoms with Gasteiger partial charge < -0.3 is 0 Å². The molecule has 0 spiro atoms. The van der Waals surface area contributed by atoms with Crippen molar-refractivity contribution in [1.82, 2.24) is 4.98 Å². The van der Waals surface area contributed by atoms with Gasteiger partial charge in [-0.2, -0.15) is 5.26 Å². The zero-order valence-corrected chi connectivity index (χ0v) is 11.7. The Bertz CT molecular complexity index is 691. The first kappa shape index (κ1) is 13.1. The molecule has 0 saturated heterocycles. The molecule has 1 aromatic heterocycles. The molecule has 0 bridgehead atoms. The number of fused-ring (bicyclic) bond motifs is 1. The summed E-state index contributed by atoms with van der Waals surface area (Å²) >= 11 is 1.23. The summed E-state index contributed by atoms with van der Waals surface area (Å²) in [5.74, 6) is -0.277. The normalized spacial score (nSPS) is 13.6. The van der Waals surface area contributed by atoms with E-state index in [9.17, 15) is 9.65 Å². The van der Waals surface area contributed by atoms with Gasteiger partial charge in [0.15, 0.2) is 0 Å². The van der Waals surface area contributed by atoms with Crippen LogP contribution in [-0.2, 0) is 12.8 Å². The standard InChI is InChI=1S/C16H13FN2S/c17-13-6-2-4-8-15(13)20-16-12(10-18)9-11-5-1-3-7-14(11)19-16/h2,4,6,8-9H,1,3,5,7H2. The number of nitrogens with zero attached hydrogens (tertiary/aromatic N) is 2. The van der Waals surface area contributed by atoms with E-state index in [2.05, 4.69) is 11.1 Å². The van der Waals surface area contributed by atoms with Gasteiger partial charge in [0.1, 0.15) is 16.9 Å². The first-order valence-electron chi connectivity index (χ1n) is 6.63. The van der Waals surface area contributed by atoms with Crippen LogP contribution < -0.4 is 0 Å². The lowest BCUT2D eigenvalue weighted by molar-refractivity contribution is 0.601. The number of hydrogen-bond acceptors (Lipinski definition) is 3. The van der Waals surface area contributed by atoms with Gasteiger partial charge in [-0.15, -0.1) is 0 Å². The molecular formula is C16H13FN2S. The molecule has 1 aromatic carbocycles. The number of hydrogen-bond donors (Lipinski definition) is 0. The quantitative estimate of drug-likeness (QED) is 0.832. The van der Waals surface area contributed by atoms with E-state index in [0.717, 1.165) is 31.4 Å². The van der Waals surface area contributed by atoms with Gasteiger partial charge in [-0.05, 0) is 49.4 Å². The largest absolute Gasteiger partial charge is 0.244 e. The van der Waals surface area contributed by atoms with Crippen molar-refractivity contribution in [2.75, 3.05) is 0 Å². The molecule has 4 heteroatoms. The van der Waals surface area contributed by atoms with E-state index in [0.29, 0.717) is 15.5 Å². The van der Waals surface area contributed by atoms with Crippen molar-refractivity contribution in [3.05, 3.63) is 53.0 Å². The summed E-state index contributed by atoms with van der Waals surface area (Å²) < 4.78 is 13.7. The van der Waals surface area contributed by atoms with Crippen LogP contribution in [0.3, 0.4) is 0 Å². The highest BCUT2D eigenvalue weighted by Crippen LogP contribution is 2.33. The van der Waals surface area contributed by atoms with Crippen LogP contribution in [0.5, 0.6) is 0 Å². The van der Waals surface area contributed by atoms with Crippen molar-refractivity contribution in [2.45, 2.75) is 35.6 Å². The SMILES string of the molecule is N#Cc1cc2c(nc1Sc1ccccc1F)CCCC2. The topological polar surface area (TPSA) is 36.7 Å². The zero-order valence-electron chi connectivity index (χ0n) is 10.9. The Morgan fingerprint density at radius 3 is 2.80 bits per heavy atom. The summed E-state index contributed by atoms with van der Waals surface area (Å²) in [5.41, 5.74) is 2.78. The van der Waals surface area contributed by atoms with Crippen LogP contribution in [0, 0.1) is 17.1 Å².